The predicted molar refractivity (Wildman–Crippen MR) is 82.9 cm³/mol. The van der Waals surface area contributed by atoms with Crippen molar-refractivity contribution < 1.29 is 19.5 Å². The summed E-state index contributed by atoms with van der Waals surface area (Å²) in [5.74, 6) is -3.12. The lowest BCUT2D eigenvalue weighted by Crippen LogP contribution is -2.42. The van der Waals surface area contributed by atoms with Gasteiger partial charge < -0.3 is 14.9 Å². The minimum atomic E-state index is -1.42. The highest BCUT2D eigenvalue weighted by Crippen LogP contribution is 2.64. The summed E-state index contributed by atoms with van der Waals surface area (Å²) < 4.78 is 0. The summed E-state index contributed by atoms with van der Waals surface area (Å²) in [5.41, 5.74) is 1.12. The van der Waals surface area contributed by atoms with E-state index in [1.165, 1.54) is 0 Å². The number of fused-ring (bicyclic) bond motifs is 9. The largest absolute Gasteiger partial charge is 0.548 e. The maximum atomic E-state index is 12.6. The summed E-state index contributed by atoms with van der Waals surface area (Å²) in [5, 5.41) is 11.7. The molecule has 124 valence electrons. The van der Waals surface area contributed by atoms with E-state index in [2.05, 4.69) is 4.98 Å². The Labute approximate surface area is 143 Å². The van der Waals surface area contributed by atoms with E-state index in [1.54, 1.807) is 11.8 Å². The molecule has 5 rings (SSSR count). The second kappa shape index (κ2) is 4.60. The molecule has 4 aliphatic rings. The van der Waals surface area contributed by atoms with Crippen molar-refractivity contribution in [1.29, 1.82) is 0 Å². The van der Waals surface area contributed by atoms with Crippen molar-refractivity contribution in [3.63, 3.8) is 0 Å². The Morgan fingerprint density at radius 3 is 2.79 bits per heavy atom. The fourth-order valence-electron chi connectivity index (χ4n) is 4.76. The zero-order valence-corrected chi connectivity index (χ0v) is 13.8. The van der Waals surface area contributed by atoms with Crippen LogP contribution in [0.5, 0.6) is 0 Å². The topological polar surface area (TPSA) is 110 Å². The summed E-state index contributed by atoms with van der Waals surface area (Å²) >= 11 is 2.70. The van der Waals surface area contributed by atoms with Gasteiger partial charge in [0.25, 0.3) is 0 Å². The molecule has 0 unspecified atom stereocenters. The molecule has 3 fully saturated rings. The van der Waals surface area contributed by atoms with E-state index in [-0.39, 0.29) is 33.8 Å². The number of carboxylic acid groups (broad SMARTS) is 1. The maximum absolute atomic E-state index is 12.6. The third kappa shape index (κ3) is 1.68. The minimum absolute atomic E-state index is 0.0102. The molecule has 0 aromatic carbocycles. The molecule has 2 saturated carbocycles. The molecule has 1 aromatic heterocycles. The zero-order valence-electron chi connectivity index (χ0n) is 12.2. The monoisotopic (exact) mass is 363 g/mol. The number of carbonyl (C=O) groups excluding carboxylic acids is 3. The summed E-state index contributed by atoms with van der Waals surface area (Å²) in [7, 11) is 0. The first-order valence-electron chi connectivity index (χ1n) is 7.62. The standard InChI is InChI=1S/C15H12N2O5S2/c18-8(19)3-17-13(20)9-4-1-6(10(9)14(17)21)11-5(4)2-7-12(24-11)16-15(22)23-7/h2,4,6,9-11H,1,3H2,(H,16,22)(H,18,19)/p-1/t4-,6-,9-,10+,11-/m1/s1. The van der Waals surface area contributed by atoms with E-state index >= 15 is 0 Å². The normalized spacial score (nSPS) is 35.8. The number of hydrogen-bond donors (Lipinski definition) is 1. The molecule has 2 bridgehead atoms. The number of aliphatic carboxylic acids is 1. The van der Waals surface area contributed by atoms with Crippen molar-refractivity contribution >= 4 is 47.0 Å². The van der Waals surface area contributed by atoms with Gasteiger partial charge in [0.1, 0.15) is 0 Å². The maximum Gasteiger partial charge on any atom is 0.305 e. The lowest BCUT2D eigenvalue weighted by molar-refractivity contribution is -0.305. The Morgan fingerprint density at radius 2 is 2.04 bits per heavy atom. The Morgan fingerprint density at radius 1 is 1.29 bits per heavy atom. The van der Waals surface area contributed by atoms with Crippen molar-refractivity contribution in [3.05, 3.63) is 20.1 Å². The molecule has 2 aliphatic carbocycles. The number of likely N-dealkylation sites (tertiary alicyclic amines) is 1. The first-order valence-corrected chi connectivity index (χ1v) is 9.31. The average molecular weight is 363 g/mol. The number of aromatic nitrogens is 1. The number of carbonyl (C=O) groups is 3. The summed E-state index contributed by atoms with van der Waals surface area (Å²) in [6.45, 7) is -0.665. The molecular formula is C15H11N2O5S2-. The van der Waals surface area contributed by atoms with Crippen LogP contribution in [-0.4, -0.2) is 39.5 Å². The van der Waals surface area contributed by atoms with E-state index < -0.39 is 24.3 Å². The molecular weight excluding hydrogens is 352 g/mol. The van der Waals surface area contributed by atoms with Gasteiger partial charge in [0.05, 0.1) is 34.3 Å². The molecule has 0 radical (unpaired) electrons. The Hall–Kier alpha value is -1.87. The van der Waals surface area contributed by atoms with Crippen LogP contribution < -0.4 is 9.98 Å². The number of aromatic amines is 1. The quantitative estimate of drug-likeness (QED) is 0.696. The van der Waals surface area contributed by atoms with Gasteiger partial charge in [0.2, 0.25) is 11.8 Å². The smallest absolute Gasteiger partial charge is 0.305 e. The highest BCUT2D eigenvalue weighted by molar-refractivity contribution is 8.00. The molecule has 5 atom stereocenters. The summed E-state index contributed by atoms with van der Waals surface area (Å²) in [6.07, 6.45) is 2.76. The molecule has 1 saturated heterocycles. The summed E-state index contributed by atoms with van der Waals surface area (Å²) in [4.78, 5) is 52.0. The van der Waals surface area contributed by atoms with Crippen LogP contribution in [0.25, 0.3) is 6.08 Å². The number of hydrogen-bond acceptors (Lipinski definition) is 7. The van der Waals surface area contributed by atoms with E-state index in [4.69, 9.17) is 0 Å². The number of thiazole rings is 1. The van der Waals surface area contributed by atoms with E-state index in [9.17, 15) is 24.3 Å². The molecule has 2 amide bonds. The van der Waals surface area contributed by atoms with Crippen LogP contribution in [0.4, 0.5) is 0 Å². The Kier molecular flexibility index (Phi) is 2.78. The van der Waals surface area contributed by atoms with Gasteiger partial charge in [0, 0.05) is 5.25 Å². The number of imide groups is 1. The number of rotatable bonds is 2. The van der Waals surface area contributed by atoms with Gasteiger partial charge in [-0.2, -0.15) is 0 Å². The van der Waals surface area contributed by atoms with Crippen molar-refractivity contribution in [2.45, 2.75) is 16.7 Å². The third-order valence-electron chi connectivity index (χ3n) is 5.53. The van der Waals surface area contributed by atoms with E-state index in [0.29, 0.717) is 0 Å². The van der Waals surface area contributed by atoms with Crippen molar-refractivity contribution in [1.82, 2.24) is 9.88 Å². The highest BCUT2D eigenvalue weighted by Gasteiger charge is 2.66. The first kappa shape index (κ1) is 14.5. The molecule has 3 heterocycles. The highest BCUT2D eigenvalue weighted by atomic mass is 32.2. The first-order chi connectivity index (χ1) is 11.5. The number of thioether (sulfide) groups is 1. The van der Waals surface area contributed by atoms with Crippen LogP contribution in [0.15, 0.2) is 15.4 Å². The van der Waals surface area contributed by atoms with Crippen molar-refractivity contribution in [2.24, 2.45) is 23.7 Å². The van der Waals surface area contributed by atoms with Gasteiger partial charge in [-0.25, -0.2) is 0 Å². The lowest BCUT2D eigenvalue weighted by Gasteiger charge is -2.32. The fraction of sp³-hybridized carbons (Fsp3) is 0.467. The van der Waals surface area contributed by atoms with Crippen molar-refractivity contribution in [2.75, 3.05) is 6.54 Å². The van der Waals surface area contributed by atoms with Gasteiger partial charge in [-0.15, -0.1) is 0 Å². The lowest BCUT2D eigenvalue weighted by atomic mass is 9.77. The van der Waals surface area contributed by atoms with Gasteiger partial charge >= 0.3 is 4.87 Å². The molecule has 0 spiro atoms. The van der Waals surface area contributed by atoms with Crippen LogP contribution >= 0.6 is 23.1 Å². The number of carboxylic acids is 1. The second-order valence-electron chi connectivity index (χ2n) is 6.58. The number of nitrogens with zero attached hydrogens (tertiary/aromatic N) is 1. The van der Waals surface area contributed by atoms with Gasteiger partial charge in [-0.3, -0.25) is 19.3 Å². The fourth-order valence-corrected chi connectivity index (χ4v) is 7.20. The zero-order chi connectivity index (χ0) is 16.7. The van der Waals surface area contributed by atoms with Gasteiger partial charge in [0.15, 0.2) is 0 Å². The molecule has 1 N–H and O–H groups in total. The Bertz CT molecular complexity index is 900. The predicted octanol–water partition coefficient (Wildman–Crippen LogP) is -0.705. The van der Waals surface area contributed by atoms with E-state index in [0.717, 1.165) is 38.1 Å². The van der Waals surface area contributed by atoms with E-state index in [1.807, 2.05) is 6.08 Å². The van der Waals surface area contributed by atoms with Crippen LogP contribution in [0, 0.1) is 23.7 Å². The SMILES string of the molecule is O=C([O-])CN1C(=O)[C@H]2[C@H]3C[C@H](C4=Cc5sc(=O)[nH]c5S[C@H]43)[C@H]2C1=O. The van der Waals surface area contributed by atoms with Crippen LogP contribution in [0.1, 0.15) is 11.3 Å². The number of H-pyrrole nitrogens is 1. The van der Waals surface area contributed by atoms with Gasteiger partial charge in [-0.1, -0.05) is 28.7 Å². The molecule has 9 heteroatoms. The molecule has 24 heavy (non-hydrogen) atoms. The minimum Gasteiger partial charge on any atom is -0.548 e. The molecule has 2 aliphatic heterocycles. The average Bonchev–Trinajstić information content (AvgIpc) is 3.21. The second-order valence-corrected chi connectivity index (χ2v) is 8.75. The van der Waals surface area contributed by atoms with Crippen LogP contribution in [0.2, 0.25) is 0 Å². The van der Waals surface area contributed by atoms with Crippen molar-refractivity contribution in [3.8, 4) is 0 Å². The number of amides is 2. The van der Waals surface area contributed by atoms with Crippen LogP contribution in [0.3, 0.4) is 0 Å². The summed E-state index contributed by atoms with van der Waals surface area (Å²) in [6, 6.07) is 0. The number of nitrogens with one attached hydrogen (secondary N) is 1. The third-order valence-corrected chi connectivity index (χ3v) is 7.92. The van der Waals surface area contributed by atoms with Crippen LogP contribution in [-0.2, 0) is 14.4 Å². The Balaban J connectivity index is 1.55. The molecule has 7 nitrogen and oxygen atoms in total. The van der Waals surface area contributed by atoms with Gasteiger partial charge in [-0.05, 0) is 24.3 Å². The molecule has 1 aromatic rings.